The number of carbonyl (C=O) groups is 3. The highest BCUT2D eigenvalue weighted by molar-refractivity contribution is 6.33. The van der Waals surface area contributed by atoms with Crippen LogP contribution in [0.4, 0.5) is 10.1 Å². The minimum absolute atomic E-state index is 0.132. The van der Waals surface area contributed by atoms with E-state index in [9.17, 15) is 18.8 Å². The molecule has 154 valence electrons. The number of carbonyl (C=O) groups excluding carboxylic acids is 3. The maximum absolute atomic E-state index is 13.1. The smallest absolute Gasteiger partial charge is 0.360 e. The minimum Gasteiger partial charge on any atom is -0.464 e. The van der Waals surface area contributed by atoms with E-state index in [0.717, 1.165) is 12.5 Å². The third-order valence-electron chi connectivity index (χ3n) is 4.77. The van der Waals surface area contributed by atoms with Crippen LogP contribution in [0.25, 0.3) is 0 Å². The van der Waals surface area contributed by atoms with E-state index in [1.54, 1.807) is 0 Å². The Hall–Kier alpha value is -2.94. The molecule has 8 nitrogen and oxygen atoms in total. The van der Waals surface area contributed by atoms with E-state index >= 15 is 0 Å². The number of hydrogen-bond donors (Lipinski definition) is 2. The zero-order valence-corrected chi connectivity index (χ0v) is 16.3. The fourth-order valence-electron chi connectivity index (χ4n) is 3.23. The van der Waals surface area contributed by atoms with Crippen molar-refractivity contribution in [3.8, 4) is 0 Å². The van der Waals surface area contributed by atoms with Gasteiger partial charge in [-0.25, -0.2) is 14.2 Å². The van der Waals surface area contributed by atoms with E-state index in [0.29, 0.717) is 31.4 Å². The second-order valence-corrected chi connectivity index (χ2v) is 7.06. The number of anilines is 1. The minimum atomic E-state index is -0.760. The summed E-state index contributed by atoms with van der Waals surface area (Å²) in [6, 6.07) is 3.60. The molecule has 1 aliphatic rings. The zero-order chi connectivity index (χ0) is 21.0. The molecule has 1 aliphatic carbocycles. The van der Waals surface area contributed by atoms with Crippen molar-refractivity contribution in [3.05, 3.63) is 46.9 Å². The first-order valence-electron chi connectivity index (χ1n) is 8.97. The van der Waals surface area contributed by atoms with Crippen LogP contribution in [0.5, 0.6) is 0 Å². The largest absolute Gasteiger partial charge is 0.464 e. The van der Waals surface area contributed by atoms with Crippen molar-refractivity contribution in [3.63, 3.8) is 0 Å². The number of aromatic nitrogens is 1. The number of rotatable bonds is 5. The molecule has 0 radical (unpaired) electrons. The lowest BCUT2D eigenvalue weighted by Gasteiger charge is -2.28. The van der Waals surface area contributed by atoms with Gasteiger partial charge in [0.25, 0.3) is 5.91 Å². The van der Waals surface area contributed by atoms with Crippen LogP contribution >= 0.6 is 11.6 Å². The van der Waals surface area contributed by atoms with Crippen LogP contribution in [0, 0.1) is 11.7 Å². The predicted octanol–water partition coefficient (Wildman–Crippen LogP) is 3.18. The Bertz CT molecular complexity index is 924. The van der Waals surface area contributed by atoms with Gasteiger partial charge in [-0.15, -0.1) is 0 Å². The van der Waals surface area contributed by atoms with Gasteiger partial charge in [-0.05, 0) is 43.9 Å². The monoisotopic (exact) mass is 423 g/mol. The van der Waals surface area contributed by atoms with Gasteiger partial charge in [0.1, 0.15) is 5.82 Å². The van der Waals surface area contributed by atoms with Crippen molar-refractivity contribution in [2.24, 2.45) is 5.92 Å². The maximum atomic E-state index is 13.1. The van der Waals surface area contributed by atoms with Crippen LogP contribution in [0.1, 0.15) is 46.7 Å². The van der Waals surface area contributed by atoms with Gasteiger partial charge in [0, 0.05) is 12.0 Å². The van der Waals surface area contributed by atoms with Gasteiger partial charge < -0.3 is 19.8 Å². The van der Waals surface area contributed by atoms with Crippen LogP contribution in [-0.2, 0) is 9.53 Å². The molecule has 2 N–H and O–H groups in total. The van der Waals surface area contributed by atoms with Crippen molar-refractivity contribution in [2.75, 3.05) is 12.4 Å². The summed E-state index contributed by atoms with van der Waals surface area (Å²) in [5.74, 6) is -2.46. The van der Waals surface area contributed by atoms with Crippen molar-refractivity contribution in [1.29, 1.82) is 0 Å². The quantitative estimate of drug-likeness (QED) is 0.714. The maximum Gasteiger partial charge on any atom is 0.360 e. The first kappa shape index (κ1) is 20.8. The van der Waals surface area contributed by atoms with E-state index < -0.39 is 17.7 Å². The normalized spacial score (nSPS) is 18.7. The molecule has 3 rings (SSSR count). The van der Waals surface area contributed by atoms with Crippen LogP contribution in [-0.4, -0.2) is 35.9 Å². The van der Waals surface area contributed by atoms with Crippen LogP contribution in [0.3, 0.4) is 0 Å². The summed E-state index contributed by atoms with van der Waals surface area (Å²) in [7, 11) is 1.18. The fourth-order valence-corrected chi connectivity index (χ4v) is 3.44. The molecular formula is C19H19ClFN3O5. The highest BCUT2D eigenvalue weighted by Gasteiger charge is 2.30. The summed E-state index contributed by atoms with van der Waals surface area (Å²) in [5.41, 5.74) is 0.170. The molecule has 0 unspecified atom stereocenters. The van der Waals surface area contributed by atoms with E-state index in [-0.39, 0.29) is 34.3 Å². The van der Waals surface area contributed by atoms with Crippen LogP contribution in [0.15, 0.2) is 29.0 Å². The molecule has 1 aromatic heterocycles. The number of oxazole rings is 1. The lowest BCUT2D eigenvalue weighted by Crippen LogP contribution is -2.40. The number of benzene rings is 1. The summed E-state index contributed by atoms with van der Waals surface area (Å²) in [6.45, 7) is 0. The van der Waals surface area contributed by atoms with Crippen molar-refractivity contribution in [1.82, 2.24) is 10.3 Å². The average Bonchev–Trinajstić information content (AvgIpc) is 3.20. The Labute approximate surface area is 170 Å². The van der Waals surface area contributed by atoms with Gasteiger partial charge in [0.05, 0.1) is 17.8 Å². The Morgan fingerprint density at radius 1 is 1.24 bits per heavy atom. The molecule has 0 spiro atoms. The molecule has 2 amide bonds. The van der Waals surface area contributed by atoms with E-state index in [1.165, 1.54) is 19.2 Å². The second-order valence-electron chi connectivity index (χ2n) is 6.66. The summed E-state index contributed by atoms with van der Waals surface area (Å²) >= 11 is 5.94. The fraction of sp³-hybridized carbons (Fsp3) is 0.368. The number of nitrogens with zero attached hydrogens (tertiary/aromatic N) is 1. The SMILES string of the molecule is COC(=O)c1ncoc1C(=O)N[C@H]1CC[C@H](C(=O)Nc2ccc(F)cc2Cl)CC1. The lowest BCUT2D eigenvalue weighted by molar-refractivity contribution is -0.120. The molecule has 10 heteroatoms. The number of amides is 2. The molecule has 1 heterocycles. The van der Waals surface area contributed by atoms with Gasteiger partial charge in [0.15, 0.2) is 12.1 Å². The molecular weight excluding hydrogens is 405 g/mol. The van der Waals surface area contributed by atoms with Crippen molar-refractivity contribution >= 4 is 35.1 Å². The molecule has 2 aromatic rings. The molecule has 29 heavy (non-hydrogen) atoms. The van der Waals surface area contributed by atoms with Gasteiger partial charge >= 0.3 is 5.97 Å². The molecule has 1 saturated carbocycles. The van der Waals surface area contributed by atoms with Crippen molar-refractivity contribution in [2.45, 2.75) is 31.7 Å². The third-order valence-corrected chi connectivity index (χ3v) is 5.09. The summed E-state index contributed by atoms with van der Waals surface area (Å²) in [5, 5.41) is 5.63. The third kappa shape index (κ3) is 4.92. The molecule has 0 aliphatic heterocycles. The summed E-state index contributed by atoms with van der Waals surface area (Å²) in [4.78, 5) is 40.1. The molecule has 1 aromatic carbocycles. The number of ether oxygens (including phenoxy) is 1. The Kier molecular flexibility index (Phi) is 6.48. The van der Waals surface area contributed by atoms with E-state index in [2.05, 4.69) is 20.4 Å². The average molecular weight is 424 g/mol. The van der Waals surface area contributed by atoms with E-state index in [4.69, 9.17) is 16.0 Å². The first-order valence-corrected chi connectivity index (χ1v) is 9.35. The molecule has 0 atom stereocenters. The standard InChI is InChI=1S/C19H19ClFN3O5/c1-28-19(27)15-16(29-9-22-15)18(26)23-12-5-2-10(3-6-12)17(25)24-14-7-4-11(21)8-13(14)20/h4,7-10,12H,2-3,5-6H2,1H3,(H,23,26)(H,24,25)/t10-,12-. The number of esters is 1. The Balaban J connectivity index is 1.52. The highest BCUT2D eigenvalue weighted by Crippen LogP contribution is 2.28. The Morgan fingerprint density at radius 3 is 2.62 bits per heavy atom. The summed E-state index contributed by atoms with van der Waals surface area (Å²) < 4.78 is 22.7. The second kappa shape index (κ2) is 9.04. The van der Waals surface area contributed by atoms with Gasteiger partial charge in [-0.3, -0.25) is 9.59 Å². The molecule has 1 fully saturated rings. The first-order chi connectivity index (χ1) is 13.9. The molecule has 0 saturated heterocycles. The number of nitrogens with one attached hydrogen (secondary N) is 2. The number of hydrogen-bond acceptors (Lipinski definition) is 6. The number of halogens is 2. The lowest BCUT2D eigenvalue weighted by atomic mass is 9.85. The topological polar surface area (TPSA) is 111 Å². The van der Waals surface area contributed by atoms with Gasteiger partial charge in [-0.2, -0.15) is 0 Å². The van der Waals surface area contributed by atoms with E-state index in [1.807, 2.05) is 0 Å². The predicted molar refractivity (Wildman–Crippen MR) is 101 cm³/mol. The zero-order valence-electron chi connectivity index (χ0n) is 15.5. The summed E-state index contributed by atoms with van der Waals surface area (Å²) in [6.07, 6.45) is 3.25. The molecule has 0 bridgehead atoms. The van der Waals surface area contributed by atoms with Crippen molar-refractivity contribution < 1.29 is 27.9 Å². The Morgan fingerprint density at radius 2 is 1.97 bits per heavy atom. The highest BCUT2D eigenvalue weighted by atomic mass is 35.5. The number of methoxy groups -OCH3 is 1. The van der Waals surface area contributed by atoms with Crippen LogP contribution < -0.4 is 10.6 Å². The van der Waals surface area contributed by atoms with Gasteiger partial charge in [-0.1, -0.05) is 11.6 Å². The van der Waals surface area contributed by atoms with Crippen LogP contribution in [0.2, 0.25) is 5.02 Å². The van der Waals surface area contributed by atoms with Gasteiger partial charge in [0.2, 0.25) is 11.7 Å².